The molecule has 1 rings (SSSR count). The van der Waals surface area contributed by atoms with Gasteiger partial charge in [-0.15, -0.1) is 0 Å². The average molecular weight is 217 g/mol. The summed E-state index contributed by atoms with van der Waals surface area (Å²) in [6, 6.07) is 0. The van der Waals surface area contributed by atoms with E-state index in [9.17, 15) is 0 Å². The van der Waals surface area contributed by atoms with Gasteiger partial charge in [0, 0.05) is 18.3 Å². The van der Waals surface area contributed by atoms with Crippen molar-refractivity contribution in [3.63, 3.8) is 0 Å². The fourth-order valence-electron chi connectivity index (χ4n) is 1.75. The normalized spacial score (nSPS) is 27.9. The molecular weight excluding hydrogens is 194 g/mol. The zero-order chi connectivity index (χ0) is 10.6. The molecule has 1 N–H and O–H groups in total. The van der Waals surface area contributed by atoms with Crippen molar-refractivity contribution < 1.29 is 4.74 Å². The molecular formula is C11H23NOS. The van der Waals surface area contributed by atoms with Gasteiger partial charge in [0.05, 0.1) is 11.7 Å². The lowest BCUT2D eigenvalue weighted by atomic mass is 10.1. The molecule has 1 aliphatic rings. The monoisotopic (exact) mass is 217 g/mol. The van der Waals surface area contributed by atoms with Crippen LogP contribution in [0.25, 0.3) is 0 Å². The Labute approximate surface area is 92.2 Å². The molecule has 0 amide bonds. The summed E-state index contributed by atoms with van der Waals surface area (Å²) in [5, 5.41) is 4.17. The third-order valence-electron chi connectivity index (χ3n) is 2.76. The van der Waals surface area contributed by atoms with Crippen LogP contribution in [-0.4, -0.2) is 36.3 Å². The van der Waals surface area contributed by atoms with Crippen LogP contribution < -0.4 is 5.32 Å². The molecule has 3 heteroatoms. The standard InChI is InChI=1S/C11H23NOS/c1-9(14-4)7-12-8-10-5-6-11(2,3)13-10/h9-10,12H,5-8H2,1-4H3. The van der Waals surface area contributed by atoms with Crippen LogP contribution >= 0.6 is 11.8 Å². The van der Waals surface area contributed by atoms with Gasteiger partial charge in [0.2, 0.25) is 0 Å². The molecule has 0 aromatic carbocycles. The predicted molar refractivity (Wildman–Crippen MR) is 64.0 cm³/mol. The second kappa shape index (κ2) is 5.38. The number of nitrogens with one attached hydrogen (secondary N) is 1. The van der Waals surface area contributed by atoms with Crippen molar-refractivity contribution in [2.45, 2.75) is 50.6 Å². The lowest BCUT2D eigenvalue weighted by Gasteiger charge is -2.20. The van der Waals surface area contributed by atoms with Crippen molar-refractivity contribution in [3.8, 4) is 0 Å². The van der Waals surface area contributed by atoms with E-state index in [1.54, 1.807) is 0 Å². The fourth-order valence-corrected chi connectivity index (χ4v) is 2.04. The van der Waals surface area contributed by atoms with Gasteiger partial charge < -0.3 is 10.1 Å². The Morgan fingerprint density at radius 2 is 2.29 bits per heavy atom. The van der Waals surface area contributed by atoms with Gasteiger partial charge in [-0.25, -0.2) is 0 Å². The van der Waals surface area contributed by atoms with Gasteiger partial charge >= 0.3 is 0 Å². The summed E-state index contributed by atoms with van der Waals surface area (Å²) in [7, 11) is 0. The molecule has 0 radical (unpaired) electrons. The summed E-state index contributed by atoms with van der Waals surface area (Å²) in [6.45, 7) is 8.70. The van der Waals surface area contributed by atoms with E-state index < -0.39 is 0 Å². The summed E-state index contributed by atoms with van der Waals surface area (Å²) < 4.78 is 5.89. The van der Waals surface area contributed by atoms with Crippen LogP contribution in [0.5, 0.6) is 0 Å². The highest BCUT2D eigenvalue weighted by atomic mass is 32.2. The van der Waals surface area contributed by atoms with E-state index in [0.29, 0.717) is 11.4 Å². The minimum atomic E-state index is 0.109. The van der Waals surface area contributed by atoms with Crippen molar-refractivity contribution >= 4 is 11.8 Å². The molecule has 14 heavy (non-hydrogen) atoms. The minimum Gasteiger partial charge on any atom is -0.371 e. The van der Waals surface area contributed by atoms with Crippen LogP contribution in [-0.2, 0) is 4.74 Å². The Balaban J connectivity index is 2.09. The van der Waals surface area contributed by atoms with E-state index >= 15 is 0 Å². The SMILES string of the molecule is CSC(C)CNCC1CCC(C)(C)O1. The summed E-state index contributed by atoms with van der Waals surface area (Å²) in [5.41, 5.74) is 0.109. The van der Waals surface area contributed by atoms with Crippen LogP contribution in [0, 0.1) is 0 Å². The van der Waals surface area contributed by atoms with Gasteiger partial charge in [-0.2, -0.15) is 11.8 Å². The van der Waals surface area contributed by atoms with E-state index in [-0.39, 0.29) is 5.60 Å². The predicted octanol–water partition coefficient (Wildman–Crippen LogP) is 2.29. The smallest absolute Gasteiger partial charge is 0.0707 e. The molecule has 2 nitrogen and oxygen atoms in total. The summed E-state index contributed by atoms with van der Waals surface area (Å²) >= 11 is 1.90. The number of ether oxygens (including phenoxy) is 1. The largest absolute Gasteiger partial charge is 0.371 e. The van der Waals surface area contributed by atoms with E-state index in [0.717, 1.165) is 13.1 Å². The number of rotatable bonds is 5. The van der Waals surface area contributed by atoms with E-state index in [1.807, 2.05) is 11.8 Å². The molecule has 1 fully saturated rings. The first-order chi connectivity index (χ1) is 6.53. The van der Waals surface area contributed by atoms with E-state index in [2.05, 4.69) is 32.3 Å². The van der Waals surface area contributed by atoms with E-state index in [4.69, 9.17) is 4.74 Å². The van der Waals surface area contributed by atoms with Gasteiger partial charge in [-0.3, -0.25) is 0 Å². The van der Waals surface area contributed by atoms with Crippen molar-refractivity contribution in [2.24, 2.45) is 0 Å². The summed E-state index contributed by atoms with van der Waals surface area (Å²) in [6.07, 6.45) is 4.98. The van der Waals surface area contributed by atoms with Gasteiger partial charge in [0.1, 0.15) is 0 Å². The van der Waals surface area contributed by atoms with Crippen LogP contribution in [0.3, 0.4) is 0 Å². The highest BCUT2D eigenvalue weighted by molar-refractivity contribution is 7.99. The maximum Gasteiger partial charge on any atom is 0.0707 e. The van der Waals surface area contributed by atoms with Crippen LogP contribution in [0.2, 0.25) is 0 Å². The van der Waals surface area contributed by atoms with Crippen molar-refractivity contribution in [1.82, 2.24) is 5.32 Å². The zero-order valence-electron chi connectivity index (χ0n) is 9.80. The third kappa shape index (κ3) is 4.20. The van der Waals surface area contributed by atoms with Crippen LogP contribution in [0.1, 0.15) is 33.6 Å². The number of hydrogen-bond donors (Lipinski definition) is 1. The van der Waals surface area contributed by atoms with Crippen molar-refractivity contribution in [1.29, 1.82) is 0 Å². The molecule has 0 aliphatic carbocycles. The Hall–Kier alpha value is 0.270. The maximum absolute atomic E-state index is 5.89. The molecule has 84 valence electrons. The highest BCUT2D eigenvalue weighted by Crippen LogP contribution is 2.28. The Morgan fingerprint density at radius 1 is 1.57 bits per heavy atom. The Morgan fingerprint density at radius 3 is 2.79 bits per heavy atom. The topological polar surface area (TPSA) is 21.3 Å². The highest BCUT2D eigenvalue weighted by Gasteiger charge is 2.31. The minimum absolute atomic E-state index is 0.109. The van der Waals surface area contributed by atoms with Crippen LogP contribution in [0.15, 0.2) is 0 Å². The molecule has 0 spiro atoms. The molecule has 0 bridgehead atoms. The van der Waals surface area contributed by atoms with Gasteiger partial charge in [0.25, 0.3) is 0 Å². The van der Waals surface area contributed by atoms with Crippen molar-refractivity contribution in [2.75, 3.05) is 19.3 Å². The van der Waals surface area contributed by atoms with Crippen molar-refractivity contribution in [3.05, 3.63) is 0 Å². The number of hydrogen-bond acceptors (Lipinski definition) is 3. The fraction of sp³-hybridized carbons (Fsp3) is 1.00. The lowest BCUT2D eigenvalue weighted by Crippen LogP contribution is -2.32. The van der Waals surface area contributed by atoms with Gasteiger partial charge in [0.15, 0.2) is 0 Å². The number of thioether (sulfide) groups is 1. The third-order valence-corrected chi connectivity index (χ3v) is 3.73. The molecule has 0 aromatic rings. The molecule has 1 heterocycles. The maximum atomic E-state index is 5.89. The first-order valence-electron chi connectivity index (χ1n) is 5.45. The second-order valence-electron chi connectivity index (χ2n) is 4.74. The lowest BCUT2D eigenvalue weighted by molar-refractivity contribution is -0.0140. The summed E-state index contributed by atoms with van der Waals surface area (Å²) in [5.74, 6) is 0. The van der Waals surface area contributed by atoms with E-state index in [1.165, 1.54) is 12.8 Å². The molecule has 0 aromatic heterocycles. The first kappa shape index (κ1) is 12.3. The quantitative estimate of drug-likeness (QED) is 0.763. The van der Waals surface area contributed by atoms with Crippen LogP contribution in [0.4, 0.5) is 0 Å². The first-order valence-corrected chi connectivity index (χ1v) is 6.73. The second-order valence-corrected chi connectivity index (χ2v) is 6.02. The molecule has 2 atom stereocenters. The molecule has 2 unspecified atom stereocenters. The molecule has 1 aliphatic heterocycles. The zero-order valence-corrected chi connectivity index (χ0v) is 10.6. The Bertz CT molecular complexity index is 173. The average Bonchev–Trinajstić information content (AvgIpc) is 2.45. The van der Waals surface area contributed by atoms with Gasteiger partial charge in [-0.1, -0.05) is 6.92 Å². The van der Waals surface area contributed by atoms with Gasteiger partial charge in [-0.05, 0) is 32.9 Å². The molecule has 1 saturated heterocycles. The Kier molecular flexibility index (Phi) is 4.74. The molecule has 0 saturated carbocycles. The summed E-state index contributed by atoms with van der Waals surface area (Å²) in [4.78, 5) is 0.